The molecule has 0 radical (unpaired) electrons. The second-order valence-electron chi connectivity index (χ2n) is 3.49. The van der Waals surface area contributed by atoms with Crippen LogP contribution in [0.5, 0.6) is 0 Å². The number of rotatable bonds is 2. The molecule has 1 heterocycles. The molecule has 1 fully saturated rings. The largest absolute Gasteiger partial charge is 0.386 e. The van der Waals surface area contributed by atoms with Gasteiger partial charge in [-0.1, -0.05) is 24.4 Å². The lowest BCUT2D eigenvalue weighted by Gasteiger charge is -2.14. The predicted molar refractivity (Wildman–Crippen MR) is 54.0 cm³/mol. The minimum atomic E-state index is -0.389. The lowest BCUT2D eigenvalue weighted by molar-refractivity contribution is 0.111. The van der Waals surface area contributed by atoms with Crippen LogP contribution in [0.3, 0.4) is 0 Å². The quantitative estimate of drug-likeness (QED) is 0.826. The van der Waals surface area contributed by atoms with Crippen LogP contribution in [0.15, 0.2) is 6.20 Å². The molecule has 1 aliphatic rings. The van der Waals surface area contributed by atoms with E-state index < -0.39 is 0 Å². The molecule has 4 heteroatoms. The van der Waals surface area contributed by atoms with Crippen molar-refractivity contribution in [3.63, 3.8) is 0 Å². The van der Waals surface area contributed by atoms with Gasteiger partial charge < -0.3 is 5.11 Å². The third-order valence-electron chi connectivity index (χ3n) is 2.59. The van der Waals surface area contributed by atoms with Crippen LogP contribution < -0.4 is 0 Å². The van der Waals surface area contributed by atoms with Gasteiger partial charge in [0.2, 0.25) is 0 Å². The van der Waals surface area contributed by atoms with E-state index in [0.717, 1.165) is 17.8 Å². The molecule has 1 atom stereocenters. The summed E-state index contributed by atoms with van der Waals surface area (Å²) < 4.78 is 0.659. The Labute approximate surface area is 86.6 Å². The van der Waals surface area contributed by atoms with Gasteiger partial charge in [0.1, 0.15) is 15.4 Å². The van der Waals surface area contributed by atoms with Crippen molar-refractivity contribution in [1.82, 2.24) is 4.98 Å². The maximum atomic E-state index is 9.92. The van der Waals surface area contributed by atoms with E-state index in [-0.39, 0.29) is 6.10 Å². The van der Waals surface area contributed by atoms with E-state index in [0.29, 0.717) is 10.3 Å². The number of aliphatic hydroxyl groups is 1. The standard InChI is InChI=1S/C9H12ClNOS/c10-7-5-11-9(13-7)8(12)6-3-1-2-4-6/h5-6,8,12H,1-4H2. The van der Waals surface area contributed by atoms with Crippen molar-refractivity contribution in [3.8, 4) is 0 Å². The van der Waals surface area contributed by atoms with E-state index in [1.807, 2.05) is 0 Å². The number of aromatic nitrogens is 1. The molecule has 1 aliphatic carbocycles. The van der Waals surface area contributed by atoms with Crippen LogP contribution in [0.4, 0.5) is 0 Å². The molecule has 2 nitrogen and oxygen atoms in total. The minimum absolute atomic E-state index is 0.389. The topological polar surface area (TPSA) is 33.1 Å². The Morgan fingerprint density at radius 3 is 2.77 bits per heavy atom. The molecule has 0 aromatic carbocycles. The Kier molecular flexibility index (Phi) is 2.86. The van der Waals surface area contributed by atoms with Gasteiger partial charge in [0.05, 0.1) is 6.20 Å². The van der Waals surface area contributed by atoms with Crippen molar-refractivity contribution in [2.45, 2.75) is 31.8 Å². The first kappa shape index (κ1) is 9.44. The fourth-order valence-electron chi connectivity index (χ4n) is 1.88. The van der Waals surface area contributed by atoms with Crippen LogP contribution in [0.1, 0.15) is 36.8 Å². The Morgan fingerprint density at radius 2 is 2.23 bits per heavy atom. The highest BCUT2D eigenvalue weighted by Crippen LogP contribution is 2.37. The van der Waals surface area contributed by atoms with Crippen LogP contribution >= 0.6 is 22.9 Å². The van der Waals surface area contributed by atoms with E-state index in [2.05, 4.69) is 4.98 Å². The molecular formula is C9H12ClNOS. The van der Waals surface area contributed by atoms with Gasteiger partial charge in [-0.25, -0.2) is 4.98 Å². The summed E-state index contributed by atoms with van der Waals surface area (Å²) in [6.07, 6.45) is 5.94. The van der Waals surface area contributed by atoms with Gasteiger partial charge >= 0.3 is 0 Å². The van der Waals surface area contributed by atoms with Crippen molar-refractivity contribution >= 4 is 22.9 Å². The molecule has 72 valence electrons. The third-order valence-corrected chi connectivity index (χ3v) is 3.78. The monoisotopic (exact) mass is 217 g/mol. The highest BCUT2D eigenvalue weighted by Gasteiger charge is 2.26. The molecule has 1 unspecified atom stereocenters. The first-order chi connectivity index (χ1) is 6.27. The first-order valence-corrected chi connectivity index (χ1v) is 5.76. The molecule has 1 saturated carbocycles. The second-order valence-corrected chi connectivity index (χ2v) is 5.19. The molecule has 0 spiro atoms. The van der Waals surface area contributed by atoms with Crippen molar-refractivity contribution in [2.24, 2.45) is 5.92 Å². The van der Waals surface area contributed by atoms with E-state index >= 15 is 0 Å². The molecule has 0 amide bonds. The summed E-state index contributed by atoms with van der Waals surface area (Å²) in [4.78, 5) is 4.10. The molecule has 2 rings (SSSR count). The highest BCUT2D eigenvalue weighted by molar-refractivity contribution is 7.15. The summed E-state index contributed by atoms with van der Waals surface area (Å²) in [5, 5.41) is 10.7. The normalized spacial score (nSPS) is 20.8. The van der Waals surface area contributed by atoms with E-state index in [1.165, 1.54) is 24.2 Å². The van der Waals surface area contributed by atoms with Gasteiger partial charge in [-0.2, -0.15) is 0 Å². The average Bonchev–Trinajstić information content (AvgIpc) is 2.72. The summed E-state index contributed by atoms with van der Waals surface area (Å²) in [6, 6.07) is 0. The number of hydrogen-bond donors (Lipinski definition) is 1. The van der Waals surface area contributed by atoms with Crippen molar-refractivity contribution in [2.75, 3.05) is 0 Å². The Balaban J connectivity index is 2.07. The van der Waals surface area contributed by atoms with Gasteiger partial charge in [0.15, 0.2) is 0 Å². The lowest BCUT2D eigenvalue weighted by atomic mass is 10.0. The van der Waals surface area contributed by atoms with Crippen molar-refractivity contribution in [3.05, 3.63) is 15.5 Å². The summed E-state index contributed by atoms with van der Waals surface area (Å²) in [5.74, 6) is 0.405. The van der Waals surface area contributed by atoms with Crippen LogP contribution in [0.25, 0.3) is 0 Å². The van der Waals surface area contributed by atoms with Gasteiger partial charge in [-0.15, -0.1) is 11.3 Å². The van der Waals surface area contributed by atoms with E-state index in [1.54, 1.807) is 6.20 Å². The number of nitrogens with zero attached hydrogens (tertiary/aromatic N) is 1. The zero-order valence-electron chi connectivity index (χ0n) is 7.24. The molecule has 1 N–H and O–H groups in total. The maximum Gasteiger partial charge on any atom is 0.123 e. The molecule has 13 heavy (non-hydrogen) atoms. The molecular weight excluding hydrogens is 206 g/mol. The second kappa shape index (κ2) is 3.95. The molecule has 0 saturated heterocycles. The van der Waals surface area contributed by atoms with Crippen LogP contribution in [0.2, 0.25) is 4.34 Å². The van der Waals surface area contributed by atoms with Gasteiger partial charge in [0, 0.05) is 0 Å². The SMILES string of the molecule is OC(c1ncc(Cl)s1)C1CCCC1. The summed E-state index contributed by atoms with van der Waals surface area (Å²) in [6.45, 7) is 0. The zero-order valence-corrected chi connectivity index (χ0v) is 8.81. The smallest absolute Gasteiger partial charge is 0.123 e. The fourth-order valence-corrected chi connectivity index (χ4v) is 2.89. The average molecular weight is 218 g/mol. The number of hydrogen-bond acceptors (Lipinski definition) is 3. The summed E-state index contributed by atoms with van der Waals surface area (Å²) in [7, 11) is 0. The van der Waals surface area contributed by atoms with Crippen LogP contribution in [0, 0.1) is 5.92 Å². The first-order valence-electron chi connectivity index (χ1n) is 4.56. The van der Waals surface area contributed by atoms with E-state index in [4.69, 9.17) is 11.6 Å². The number of aliphatic hydroxyl groups excluding tert-OH is 1. The number of halogens is 1. The minimum Gasteiger partial charge on any atom is -0.386 e. The van der Waals surface area contributed by atoms with Gasteiger partial charge in [0.25, 0.3) is 0 Å². The van der Waals surface area contributed by atoms with Crippen LogP contribution in [-0.4, -0.2) is 10.1 Å². The summed E-state index contributed by atoms with van der Waals surface area (Å²) >= 11 is 7.14. The zero-order chi connectivity index (χ0) is 9.26. The Bertz CT molecular complexity index is 283. The molecule has 0 bridgehead atoms. The van der Waals surface area contributed by atoms with Gasteiger partial charge in [-0.05, 0) is 18.8 Å². The predicted octanol–water partition coefficient (Wildman–Crippen LogP) is 3.02. The summed E-state index contributed by atoms with van der Waals surface area (Å²) in [5.41, 5.74) is 0. The van der Waals surface area contributed by atoms with Crippen molar-refractivity contribution < 1.29 is 5.11 Å². The fraction of sp³-hybridized carbons (Fsp3) is 0.667. The molecule has 0 aliphatic heterocycles. The van der Waals surface area contributed by atoms with Crippen LogP contribution in [-0.2, 0) is 0 Å². The molecule has 1 aromatic heterocycles. The lowest BCUT2D eigenvalue weighted by Crippen LogP contribution is -2.08. The van der Waals surface area contributed by atoms with E-state index in [9.17, 15) is 5.11 Å². The van der Waals surface area contributed by atoms with Crippen molar-refractivity contribution in [1.29, 1.82) is 0 Å². The molecule has 1 aromatic rings. The highest BCUT2D eigenvalue weighted by atomic mass is 35.5. The Hall–Kier alpha value is -0.120. The maximum absolute atomic E-state index is 9.92. The third kappa shape index (κ3) is 2.03. The van der Waals surface area contributed by atoms with Gasteiger partial charge in [-0.3, -0.25) is 0 Å². The number of thiazole rings is 1. The Morgan fingerprint density at radius 1 is 1.54 bits per heavy atom.